The van der Waals surface area contributed by atoms with Crippen molar-refractivity contribution in [2.75, 3.05) is 5.32 Å². The molecule has 8 heteroatoms. The first-order valence-corrected chi connectivity index (χ1v) is 11.0. The minimum Gasteiger partial charge on any atom is -0.342 e. The molecule has 2 aromatic carbocycles. The Hall–Kier alpha value is -3.06. The highest BCUT2D eigenvalue weighted by Crippen LogP contribution is 2.26. The number of nitrogens with zero attached hydrogens (tertiary/aromatic N) is 1. The zero-order valence-electron chi connectivity index (χ0n) is 18.9. The molecule has 0 radical (unpaired) electrons. The molecule has 1 atom stereocenters. The molecule has 2 aromatic rings. The van der Waals surface area contributed by atoms with Gasteiger partial charge in [0.25, 0.3) is 5.91 Å². The van der Waals surface area contributed by atoms with Crippen LogP contribution in [0.4, 0.5) is 10.5 Å². The average Bonchev–Trinajstić information content (AvgIpc) is 2.92. The van der Waals surface area contributed by atoms with Gasteiger partial charge in [0.05, 0.1) is 6.54 Å². The van der Waals surface area contributed by atoms with E-state index in [-0.39, 0.29) is 17.9 Å². The highest BCUT2D eigenvalue weighted by molar-refractivity contribution is 6.31. The summed E-state index contributed by atoms with van der Waals surface area (Å²) >= 11 is 6.01. The molecule has 0 spiro atoms. The maximum atomic E-state index is 12.9. The molecule has 7 nitrogen and oxygen atoms in total. The summed E-state index contributed by atoms with van der Waals surface area (Å²) in [5, 5.41) is 17.5. The van der Waals surface area contributed by atoms with Gasteiger partial charge in [0, 0.05) is 17.3 Å². The van der Waals surface area contributed by atoms with Crippen molar-refractivity contribution >= 4 is 35.2 Å². The third-order valence-electron chi connectivity index (χ3n) is 5.43. The molecule has 0 aromatic heterocycles. The van der Waals surface area contributed by atoms with Gasteiger partial charge in [-0.1, -0.05) is 49.7 Å². The molecule has 0 saturated carbocycles. The summed E-state index contributed by atoms with van der Waals surface area (Å²) in [4.78, 5) is 26.5. The predicted molar refractivity (Wildman–Crippen MR) is 128 cm³/mol. The van der Waals surface area contributed by atoms with Crippen LogP contribution in [0, 0.1) is 18.3 Å². The van der Waals surface area contributed by atoms with Gasteiger partial charge in [-0.25, -0.2) is 4.79 Å². The maximum Gasteiger partial charge on any atom is 0.319 e. The Labute approximate surface area is 194 Å². The number of guanidine groups is 1. The SMILES string of the molecule is Cc1cc(NC(=O)NCc2ccc(CN3C(=N)NC(C)(CC(C)C)C3=O)cc2)ccc1Cl. The fourth-order valence-corrected chi connectivity index (χ4v) is 4.03. The summed E-state index contributed by atoms with van der Waals surface area (Å²) in [6, 6.07) is 12.7. The van der Waals surface area contributed by atoms with E-state index in [9.17, 15) is 9.59 Å². The molecule has 4 N–H and O–H groups in total. The first-order chi connectivity index (χ1) is 15.1. The number of benzene rings is 2. The molecule has 1 saturated heterocycles. The van der Waals surface area contributed by atoms with Gasteiger partial charge in [-0.15, -0.1) is 0 Å². The highest BCUT2D eigenvalue weighted by Gasteiger charge is 2.45. The Morgan fingerprint density at radius 3 is 2.47 bits per heavy atom. The van der Waals surface area contributed by atoms with E-state index in [0.717, 1.165) is 16.7 Å². The fourth-order valence-electron chi connectivity index (χ4n) is 3.91. The van der Waals surface area contributed by atoms with Crippen molar-refractivity contribution in [1.82, 2.24) is 15.5 Å². The second kappa shape index (κ2) is 9.61. The summed E-state index contributed by atoms with van der Waals surface area (Å²) in [6.07, 6.45) is 0.674. The monoisotopic (exact) mass is 455 g/mol. The van der Waals surface area contributed by atoms with Crippen molar-refractivity contribution in [1.29, 1.82) is 5.41 Å². The Morgan fingerprint density at radius 2 is 1.84 bits per heavy atom. The third kappa shape index (κ3) is 5.59. The number of carbonyl (C=O) groups is 2. The molecule has 1 heterocycles. The van der Waals surface area contributed by atoms with Crippen molar-refractivity contribution in [2.45, 2.75) is 52.7 Å². The molecule has 1 unspecified atom stereocenters. The normalized spacial score (nSPS) is 18.1. The smallest absolute Gasteiger partial charge is 0.319 e. The second-order valence-electron chi connectivity index (χ2n) is 8.88. The van der Waals surface area contributed by atoms with E-state index in [1.165, 1.54) is 4.90 Å². The number of rotatable bonds is 7. The van der Waals surface area contributed by atoms with Crippen LogP contribution in [0.3, 0.4) is 0 Å². The Balaban J connectivity index is 1.54. The fraction of sp³-hybridized carbons (Fsp3) is 0.375. The van der Waals surface area contributed by atoms with Gasteiger partial charge in [0.1, 0.15) is 5.54 Å². The average molecular weight is 456 g/mol. The van der Waals surface area contributed by atoms with Gasteiger partial charge in [-0.05, 0) is 61.1 Å². The van der Waals surface area contributed by atoms with Gasteiger partial charge < -0.3 is 16.0 Å². The molecular formula is C24H30ClN5O2. The lowest BCUT2D eigenvalue weighted by Gasteiger charge is -2.24. The van der Waals surface area contributed by atoms with Gasteiger partial charge in [0.15, 0.2) is 5.96 Å². The van der Waals surface area contributed by atoms with E-state index >= 15 is 0 Å². The molecule has 1 aliphatic rings. The minimum absolute atomic E-state index is 0.0731. The van der Waals surface area contributed by atoms with Gasteiger partial charge in [-0.2, -0.15) is 0 Å². The van der Waals surface area contributed by atoms with Crippen LogP contribution in [0.25, 0.3) is 0 Å². The van der Waals surface area contributed by atoms with Crippen LogP contribution in [0.1, 0.15) is 43.9 Å². The quantitative estimate of drug-likeness (QED) is 0.489. The first kappa shape index (κ1) is 23.6. The Kier molecular flexibility index (Phi) is 7.09. The van der Waals surface area contributed by atoms with Crippen molar-refractivity contribution in [3.8, 4) is 0 Å². The highest BCUT2D eigenvalue weighted by atomic mass is 35.5. The Morgan fingerprint density at radius 1 is 1.19 bits per heavy atom. The van der Waals surface area contributed by atoms with E-state index in [0.29, 0.717) is 36.1 Å². The summed E-state index contributed by atoms with van der Waals surface area (Å²) in [7, 11) is 0. The molecule has 0 bridgehead atoms. The summed E-state index contributed by atoms with van der Waals surface area (Å²) in [6.45, 7) is 8.57. The topological polar surface area (TPSA) is 97.3 Å². The van der Waals surface area contributed by atoms with E-state index in [1.54, 1.807) is 12.1 Å². The lowest BCUT2D eigenvalue weighted by molar-refractivity contribution is -0.131. The van der Waals surface area contributed by atoms with E-state index < -0.39 is 5.54 Å². The number of aryl methyl sites for hydroxylation is 1. The molecule has 170 valence electrons. The van der Waals surface area contributed by atoms with Crippen LogP contribution >= 0.6 is 11.6 Å². The molecule has 0 aliphatic carbocycles. The van der Waals surface area contributed by atoms with Crippen molar-refractivity contribution in [2.24, 2.45) is 5.92 Å². The third-order valence-corrected chi connectivity index (χ3v) is 5.85. The lowest BCUT2D eigenvalue weighted by atomic mass is 9.91. The van der Waals surface area contributed by atoms with Crippen LogP contribution in [0.2, 0.25) is 5.02 Å². The molecular weight excluding hydrogens is 426 g/mol. The summed E-state index contributed by atoms with van der Waals surface area (Å²) < 4.78 is 0. The zero-order chi connectivity index (χ0) is 23.5. The first-order valence-electron chi connectivity index (χ1n) is 10.6. The van der Waals surface area contributed by atoms with E-state index in [1.807, 2.05) is 44.2 Å². The molecule has 3 amide bonds. The van der Waals surface area contributed by atoms with Crippen LogP contribution in [-0.2, 0) is 17.9 Å². The zero-order valence-corrected chi connectivity index (χ0v) is 19.6. The lowest BCUT2D eigenvalue weighted by Crippen LogP contribution is -2.44. The largest absolute Gasteiger partial charge is 0.342 e. The summed E-state index contributed by atoms with van der Waals surface area (Å²) in [5.74, 6) is 0.408. The van der Waals surface area contributed by atoms with Crippen LogP contribution in [0.15, 0.2) is 42.5 Å². The summed E-state index contributed by atoms with van der Waals surface area (Å²) in [5.41, 5.74) is 2.69. The predicted octanol–water partition coefficient (Wildman–Crippen LogP) is 4.64. The van der Waals surface area contributed by atoms with Crippen molar-refractivity contribution in [3.63, 3.8) is 0 Å². The van der Waals surface area contributed by atoms with Gasteiger partial charge in [0.2, 0.25) is 0 Å². The number of anilines is 1. The minimum atomic E-state index is -0.731. The number of carbonyl (C=O) groups excluding carboxylic acids is 2. The van der Waals surface area contributed by atoms with Crippen LogP contribution < -0.4 is 16.0 Å². The number of hydrogen-bond donors (Lipinski definition) is 4. The Bertz CT molecular complexity index is 1020. The van der Waals surface area contributed by atoms with Crippen LogP contribution in [0.5, 0.6) is 0 Å². The number of urea groups is 1. The van der Waals surface area contributed by atoms with Crippen LogP contribution in [-0.4, -0.2) is 28.3 Å². The van der Waals surface area contributed by atoms with Gasteiger partial charge in [-0.3, -0.25) is 15.1 Å². The van der Waals surface area contributed by atoms with Crippen molar-refractivity contribution < 1.29 is 9.59 Å². The number of amides is 3. The number of nitrogens with one attached hydrogen (secondary N) is 4. The van der Waals surface area contributed by atoms with E-state index in [4.69, 9.17) is 17.0 Å². The maximum absolute atomic E-state index is 12.9. The molecule has 1 aliphatic heterocycles. The second-order valence-corrected chi connectivity index (χ2v) is 9.29. The van der Waals surface area contributed by atoms with Gasteiger partial charge >= 0.3 is 6.03 Å². The number of hydrogen-bond acceptors (Lipinski definition) is 3. The van der Waals surface area contributed by atoms with E-state index in [2.05, 4.69) is 29.8 Å². The van der Waals surface area contributed by atoms with Crippen molar-refractivity contribution in [3.05, 3.63) is 64.2 Å². The molecule has 1 fully saturated rings. The molecule has 3 rings (SSSR count). The molecule has 32 heavy (non-hydrogen) atoms. The number of halogens is 1. The standard InChI is InChI=1S/C24H30ClN5O2/c1-15(2)12-24(4)21(31)30(22(26)29-24)14-18-7-5-17(6-8-18)13-27-23(32)28-19-9-10-20(25)16(3)11-19/h5-11,15H,12-14H2,1-4H3,(H2,26,29)(H2,27,28,32).